The van der Waals surface area contributed by atoms with E-state index < -0.39 is 0 Å². The fourth-order valence-electron chi connectivity index (χ4n) is 1.36. The van der Waals surface area contributed by atoms with Crippen molar-refractivity contribution in [3.8, 4) is 0 Å². The molecule has 0 aliphatic heterocycles. The highest BCUT2D eigenvalue weighted by Gasteiger charge is 2.21. The van der Waals surface area contributed by atoms with E-state index in [2.05, 4.69) is 29.4 Å². The molecule has 0 aliphatic rings. The van der Waals surface area contributed by atoms with Gasteiger partial charge in [-0.3, -0.25) is 0 Å². The second kappa shape index (κ2) is 6.12. The highest BCUT2D eigenvalue weighted by molar-refractivity contribution is 4.88. The first kappa shape index (κ1) is 14.1. The van der Waals surface area contributed by atoms with Crippen LogP contribution in [0.2, 0.25) is 0 Å². The minimum absolute atomic E-state index is 0.264. The molecule has 0 amide bonds. The molecule has 0 radical (unpaired) electrons. The maximum absolute atomic E-state index is 5.56. The Bertz CT molecular complexity index is 334. The number of hydrogen-bond acceptors (Lipinski definition) is 5. The van der Waals surface area contributed by atoms with Gasteiger partial charge in [-0.1, -0.05) is 13.8 Å². The van der Waals surface area contributed by atoms with E-state index >= 15 is 0 Å². The van der Waals surface area contributed by atoms with Crippen LogP contribution in [0.4, 0.5) is 0 Å². The third-order valence-electron chi connectivity index (χ3n) is 2.53. The molecule has 0 saturated heterocycles. The van der Waals surface area contributed by atoms with Crippen molar-refractivity contribution in [3.63, 3.8) is 0 Å². The Balaban J connectivity index is 2.43. The molecule has 0 aliphatic carbocycles. The van der Waals surface area contributed by atoms with Gasteiger partial charge >= 0.3 is 0 Å². The quantitative estimate of drug-likeness (QED) is 0.785. The molecule has 98 valence electrons. The number of nitrogens with zero attached hydrogens (tertiary/aromatic N) is 2. The van der Waals surface area contributed by atoms with E-state index in [-0.39, 0.29) is 5.60 Å². The topological polar surface area (TPSA) is 60.2 Å². The first-order valence-corrected chi connectivity index (χ1v) is 6.03. The van der Waals surface area contributed by atoms with Gasteiger partial charge in [-0.2, -0.15) is 0 Å². The molecule has 0 unspecified atom stereocenters. The van der Waals surface area contributed by atoms with Gasteiger partial charge in [0.25, 0.3) is 0 Å². The molecule has 0 atom stereocenters. The Morgan fingerprint density at radius 2 is 1.94 bits per heavy atom. The van der Waals surface area contributed by atoms with Crippen molar-refractivity contribution in [3.05, 3.63) is 11.8 Å². The van der Waals surface area contributed by atoms with Crippen LogP contribution in [0.3, 0.4) is 0 Å². The highest BCUT2D eigenvalue weighted by atomic mass is 16.5. The summed E-state index contributed by atoms with van der Waals surface area (Å²) in [6.45, 7) is 9.07. The molecule has 5 heteroatoms. The van der Waals surface area contributed by atoms with Gasteiger partial charge in [0.2, 0.25) is 11.8 Å². The van der Waals surface area contributed by atoms with Gasteiger partial charge in [0, 0.05) is 26.1 Å². The van der Waals surface area contributed by atoms with Crippen molar-refractivity contribution < 1.29 is 9.15 Å². The van der Waals surface area contributed by atoms with E-state index in [1.165, 1.54) is 0 Å². The van der Waals surface area contributed by atoms with Gasteiger partial charge in [0.15, 0.2) is 0 Å². The first-order valence-electron chi connectivity index (χ1n) is 6.03. The van der Waals surface area contributed by atoms with Gasteiger partial charge in [-0.05, 0) is 13.8 Å². The van der Waals surface area contributed by atoms with Crippen molar-refractivity contribution in [1.29, 1.82) is 0 Å². The van der Waals surface area contributed by atoms with Crippen LogP contribution < -0.4 is 5.32 Å². The van der Waals surface area contributed by atoms with Crippen LogP contribution in [-0.4, -0.2) is 35.5 Å². The lowest BCUT2D eigenvalue weighted by Crippen LogP contribution is -2.25. The zero-order valence-corrected chi connectivity index (χ0v) is 11.4. The van der Waals surface area contributed by atoms with Crippen molar-refractivity contribution in [2.75, 3.05) is 13.7 Å². The minimum Gasteiger partial charge on any atom is -0.425 e. The number of nitrogens with one attached hydrogen (secondary N) is 1. The molecular weight excluding hydrogens is 218 g/mol. The van der Waals surface area contributed by atoms with Gasteiger partial charge in [-0.15, -0.1) is 10.2 Å². The Hall–Kier alpha value is -0.940. The number of aromatic nitrogens is 2. The number of methoxy groups -OCH3 is 1. The highest BCUT2D eigenvalue weighted by Crippen LogP contribution is 2.15. The van der Waals surface area contributed by atoms with Crippen LogP contribution in [-0.2, 0) is 17.6 Å². The zero-order valence-electron chi connectivity index (χ0n) is 11.4. The molecule has 0 fully saturated rings. The van der Waals surface area contributed by atoms with E-state index in [4.69, 9.17) is 9.15 Å². The zero-order chi connectivity index (χ0) is 12.9. The monoisotopic (exact) mass is 241 g/mol. The first-order chi connectivity index (χ1) is 7.93. The standard InChI is InChI=1S/C12H23N3O2/c1-9(2)13-7-6-10-14-15-11(17-10)8-12(3,4)16-5/h9,13H,6-8H2,1-5H3. The number of rotatable bonds is 7. The molecule has 5 nitrogen and oxygen atoms in total. The predicted molar refractivity (Wildman–Crippen MR) is 65.9 cm³/mol. The Morgan fingerprint density at radius 3 is 2.53 bits per heavy atom. The average molecular weight is 241 g/mol. The SMILES string of the molecule is COC(C)(C)Cc1nnc(CCNC(C)C)o1. The van der Waals surface area contributed by atoms with Gasteiger partial charge in [0.1, 0.15) is 0 Å². The Kier molecular flexibility index (Phi) is 5.08. The summed E-state index contributed by atoms with van der Waals surface area (Å²) in [7, 11) is 1.68. The summed E-state index contributed by atoms with van der Waals surface area (Å²) in [6.07, 6.45) is 1.40. The summed E-state index contributed by atoms with van der Waals surface area (Å²) >= 11 is 0. The average Bonchev–Trinajstić information content (AvgIpc) is 2.64. The second-order valence-electron chi connectivity index (χ2n) is 5.09. The van der Waals surface area contributed by atoms with Gasteiger partial charge < -0.3 is 14.5 Å². The van der Waals surface area contributed by atoms with E-state index in [9.17, 15) is 0 Å². The lowest BCUT2D eigenvalue weighted by molar-refractivity contribution is 0.0179. The summed E-state index contributed by atoms with van der Waals surface area (Å²) in [5.41, 5.74) is -0.264. The number of hydrogen-bond donors (Lipinski definition) is 1. The van der Waals surface area contributed by atoms with Crippen molar-refractivity contribution in [1.82, 2.24) is 15.5 Å². The second-order valence-corrected chi connectivity index (χ2v) is 5.09. The minimum atomic E-state index is -0.264. The molecule has 0 spiro atoms. The van der Waals surface area contributed by atoms with Crippen molar-refractivity contribution >= 4 is 0 Å². The van der Waals surface area contributed by atoms with Crippen LogP contribution in [0, 0.1) is 0 Å². The normalized spacial score (nSPS) is 12.4. The molecule has 1 aromatic heterocycles. The fourth-order valence-corrected chi connectivity index (χ4v) is 1.36. The Labute approximate surface area is 103 Å². The van der Waals surface area contributed by atoms with Crippen molar-refractivity contribution in [2.45, 2.75) is 52.2 Å². The maximum Gasteiger partial charge on any atom is 0.219 e. The lowest BCUT2D eigenvalue weighted by Gasteiger charge is -2.20. The summed E-state index contributed by atoms with van der Waals surface area (Å²) in [5, 5.41) is 11.4. The maximum atomic E-state index is 5.56. The van der Waals surface area contributed by atoms with Gasteiger partial charge in [0.05, 0.1) is 12.0 Å². The molecule has 1 aromatic rings. The van der Waals surface area contributed by atoms with E-state index in [0.717, 1.165) is 13.0 Å². The molecule has 1 N–H and O–H groups in total. The van der Waals surface area contributed by atoms with Crippen LogP contribution >= 0.6 is 0 Å². The molecule has 0 aromatic carbocycles. The lowest BCUT2D eigenvalue weighted by atomic mass is 10.1. The third-order valence-corrected chi connectivity index (χ3v) is 2.53. The largest absolute Gasteiger partial charge is 0.425 e. The number of ether oxygens (including phenoxy) is 1. The summed E-state index contributed by atoms with van der Waals surface area (Å²) in [6, 6.07) is 0.477. The summed E-state index contributed by atoms with van der Waals surface area (Å²) in [4.78, 5) is 0. The summed E-state index contributed by atoms with van der Waals surface area (Å²) < 4.78 is 10.9. The van der Waals surface area contributed by atoms with Crippen LogP contribution in [0.1, 0.15) is 39.5 Å². The molecular formula is C12H23N3O2. The smallest absolute Gasteiger partial charge is 0.219 e. The Morgan fingerprint density at radius 1 is 1.29 bits per heavy atom. The predicted octanol–water partition coefficient (Wildman–Crippen LogP) is 1.58. The van der Waals surface area contributed by atoms with E-state index in [0.29, 0.717) is 24.2 Å². The summed E-state index contributed by atoms with van der Waals surface area (Å²) in [5.74, 6) is 1.32. The van der Waals surface area contributed by atoms with Crippen LogP contribution in [0.25, 0.3) is 0 Å². The van der Waals surface area contributed by atoms with Crippen LogP contribution in [0.5, 0.6) is 0 Å². The molecule has 1 heterocycles. The molecule has 1 rings (SSSR count). The third kappa shape index (κ3) is 5.28. The molecule has 0 saturated carbocycles. The van der Waals surface area contributed by atoms with Gasteiger partial charge in [-0.25, -0.2) is 0 Å². The van der Waals surface area contributed by atoms with E-state index in [1.54, 1.807) is 7.11 Å². The fraction of sp³-hybridized carbons (Fsp3) is 0.833. The molecule has 0 bridgehead atoms. The van der Waals surface area contributed by atoms with Crippen molar-refractivity contribution in [2.24, 2.45) is 0 Å². The van der Waals surface area contributed by atoms with Crippen LogP contribution in [0.15, 0.2) is 4.42 Å². The molecule has 17 heavy (non-hydrogen) atoms. The van der Waals surface area contributed by atoms with E-state index in [1.807, 2.05) is 13.8 Å².